The van der Waals surface area contributed by atoms with Gasteiger partial charge in [0.15, 0.2) is 0 Å². The van der Waals surface area contributed by atoms with E-state index in [1.165, 1.54) is 0 Å². The molecule has 0 fully saturated rings. The maximum atomic E-state index is 11.8. The van der Waals surface area contributed by atoms with E-state index in [0.29, 0.717) is 0 Å². The Morgan fingerprint density at radius 3 is 2.55 bits per heavy atom. The third-order valence-electron chi connectivity index (χ3n) is 2.31. The number of aliphatic carboxylic acids is 1. The monoisotopic (exact) mass is 283 g/mol. The average molecular weight is 283 g/mol. The molecule has 0 aliphatic rings. The Morgan fingerprint density at radius 1 is 1.25 bits per heavy atom. The molecule has 20 heavy (non-hydrogen) atoms. The van der Waals surface area contributed by atoms with Gasteiger partial charge >= 0.3 is 11.9 Å². The van der Waals surface area contributed by atoms with Gasteiger partial charge in [-0.2, -0.15) is 5.48 Å². The molecule has 0 aliphatic heterocycles. The molecule has 1 aromatic rings. The van der Waals surface area contributed by atoms with E-state index in [9.17, 15) is 9.59 Å². The Labute approximate surface area is 116 Å². The molecule has 0 spiro atoms. The molecule has 1 atom stereocenters. The highest BCUT2D eigenvalue weighted by atomic mass is 16.7. The highest BCUT2D eigenvalue weighted by molar-refractivity contribution is 5.81. The Morgan fingerprint density at radius 2 is 1.95 bits per heavy atom. The van der Waals surface area contributed by atoms with E-state index in [1.54, 1.807) is 24.3 Å². The second kappa shape index (κ2) is 9.03. The van der Waals surface area contributed by atoms with Gasteiger partial charge in [0.25, 0.3) is 0 Å². The number of carboxylic acid groups (broad SMARTS) is 1. The quantitative estimate of drug-likeness (QED) is 0.335. The molecular formula is C13H17NO6. The van der Waals surface area contributed by atoms with E-state index in [-0.39, 0.29) is 19.8 Å². The fourth-order valence-corrected chi connectivity index (χ4v) is 1.38. The maximum absolute atomic E-state index is 11.8. The summed E-state index contributed by atoms with van der Waals surface area (Å²) in [5, 5.41) is 17.3. The van der Waals surface area contributed by atoms with Gasteiger partial charge in [-0.25, -0.2) is 0 Å². The first-order chi connectivity index (χ1) is 9.63. The molecule has 1 rings (SSSR count). The lowest BCUT2D eigenvalue weighted by Gasteiger charge is -2.15. The van der Waals surface area contributed by atoms with E-state index in [0.717, 1.165) is 5.56 Å². The molecule has 0 unspecified atom stereocenters. The summed E-state index contributed by atoms with van der Waals surface area (Å²) in [7, 11) is 0. The lowest BCUT2D eigenvalue weighted by Crippen LogP contribution is -2.40. The highest BCUT2D eigenvalue weighted by Crippen LogP contribution is 2.03. The average Bonchev–Trinajstić information content (AvgIpc) is 2.44. The van der Waals surface area contributed by atoms with E-state index < -0.39 is 24.4 Å². The van der Waals surface area contributed by atoms with Gasteiger partial charge in [0.1, 0.15) is 12.6 Å². The summed E-state index contributed by atoms with van der Waals surface area (Å²) >= 11 is 0. The predicted molar refractivity (Wildman–Crippen MR) is 68.5 cm³/mol. The molecule has 0 saturated carbocycles. The predicted octanol–water partition coefficient (Wildman–Crippen LogP) is 0.0866. The van der Waals surface area contributed by atoms with Crippen molar-refractivity contribution in [3.8, 4) is 0 Å². The van der Waals surface area contributed by atoms with Crippen LogP contribution in [0.2, 0.25) is 0 Å². The van der Waals surface area contributed by atoms with Crippen LogP contribution in [0.4, 0.5) is 0 Å². The number of nitrogens with one attached hydrogen (secondary N) is 1. The van der Waals surface area contributed by atoms with Crippen molar-refractivity contribution in [2.75, 3.05) is 13.2 Å². The fraction of sp³-hybridized carbons (Fsp3) is 0.385. The number of carbonyl (C=O) groups excluding carboxylic acids is 1. The van der Waals surface area contributed by atoms with Crippen molar-refractivity contribution in [2.24, 2.45) is 0 Å². The summed E-state index contributed by atoms with van der Waals surface area (Å²) in [5.41, 5.74) is 3.07. The van der Waals surface area contributed by atoms with Crippen LogP contribution < -0.4 is 5.48 Å². The van der Waals surface area contributed by atoms with Crippen LogP contribution in [0.15, 0.2) is 30.3 Å². The standard InChI is InChI=1S/C13H17NO6/c15-6-7-20-14-11(8-12(16)17)13(18)19-9-10-4-2-1-3-5-10/h1-5,11,14-15H,6-9H2,(H,16,17)/t11-/m0/s1. The van der Waals surface area contributed by atoms with Gasteiger partial charge in [0.05, 0.1) is 19.6 Å². The van der Waals surface area contributed by atoms with Crippen molar-refractivity contribution in [3.63, 3.8) is 0 Å². The molecule has 0 saturated heterocycles. The number of esters is 1. The van der Waals surface area contributed by atoms with Crippen molar-refractivity contribution < 1.29 is 29.4 Å². The van der Waals surface area contributed by atoms with Gasteiger partial charge in [-0.05, 0) is 5.56 Å². The number of carbonyl (C=O) groups is 2. The van der Waals surface area contributed by atoms with Gasteiger partial charge in [0, 0.05) is 0 Å². The lowest BCUT2D eigenvalue weighted by molar-refractivity contribution is -0.156. The zero-order valence-electron chi connectivity index (χ0n) is 10.8. The highest BCUT2D eigenvalue weighted by Gasteiger charge is 2.23. The van der Waals surface area contributed by atoms with Crippen molar-refractivity contribution in [3.05, 3.63) is 35.9 Å². The smallest absolute Gasteiger partial charge is 0.326 e. The third-order valence-corrected chi connectivity index (χ3v) is 2.31. The summed E-state index contributed by atoms with van der Waals surface area (Å²) in [6.45, 7) is -0.245. The summed E-state index contributed by atoms with van der Waals surface area (Å²) in [5.74, 6) is -1.89. The number of benzene rings is 1. The number of rotatable bonds is 9. The Hall–Kier alpha value is -1.96. The summed E-state index contributed by atoms with van der Waals surface area (Å²) in [4.78, 5) is 27.2. The Balaban J connectivity index is 2.47. The van der Waals surface area contributed by atoms with E-state index >= 15 is 0 Å². The molecule has 0 bridgehead atoms. The molecular weight excluding hydrogens is 266 g/mol. The minimum atomic E-state index is -1.16. The first kappa shape index (κ1) is 16.1. The summed E-state index contributed by atoms with van der Waals surface area (Å²) < 4.78 is 5.01. The van der Waals surface area contributed by atoms with Crippen LogP contribution in [0.1, 0.15) is 12.0 Å². The van der Waals surface area contributed by atoms with Gasteiger partial charge in [-0.3, -0.25) is 14.4 Å². The van der Waals surface area contributed by atoms with Gasteiger partial charge < -0.3 is 14.9 Å². The molecule has 0 heterocycles. The Bertz CT molecular complexity index is 422. The number of hydroxylamine groups is 1. The number of hydrogen-bond donors (Lipinski definition) is 3. The largest absolute Gasteiger partial charge is 0.481 e. The second-order valence-corrected chi connectivity index (χ2v) is 3.93. The van der Waals surface area contributed by atoms with Crippen molar-refractivity contribution in [1.29, 1.82) is 0 Å². The molecule has 110 valence electrons. The van der Waals surface area contributed by atoms with E-state index in [2.05, 4.69) is 5.48 Å². The van der Waals surface area contributed by atoms with Crippen LogP contribution in [0, 0.1) is 0 Å². The van der Waals surface area contributed by atoms with Crippen LogP contribution >= 0.6 is 0 Å². The van der Waals surface area contributed by atoms with Crippen LogP contribution in [0.25, 0.3) is 0 Å². The molecule has 0 aliphatic carbocycles. The second-order valence-electron chi connectivity index (χ2n) is 3.93. The molecule has 0 aromatic heterocycles. The molecule has 0 amide bonds. The van der Waals surface area contributed by atoms with E-state index in [1.807, 2.05) is 6.07 Å². The van der Waals surface area contributed by atoms with Gasteiger partial charge in [0.2, 0.25) is 0 Å². The first-order valence-corrected chi connectivity index (χ1v) is 6.04. The number of carboxylic acids is 1. The van der Waals surface area contributed by atoms with E-state index in [4.69, 9.17) is 19.8 Å². The molecule has 7 heteroatoms. The molecule has 3 N–H and O–H groups in total. The summed E-state index contributed by atoms with van der Waals surface area (Å²) in [6, 6.07) is 7.90. The fourth-order valence-electron chi connectivity index (χ4n) is 1.38. The Kier molecular flexibility index (Phi) is 7.26. The van der Waals surface area contributed by atoms with Crippen LogP contribution in [0.5, 0.6) is 0 Å². The molecule has 0 radical (unpaired) electrons. The zero-order valence-corrected chi connectivity index (χ0v) is 10.8. The number of ether oxygens (including phenoxy) is 1. The van der Waals surface area contributed by atoms with Crippen molar-refractivity contribution in [2.45, 2.75) is 19.1 Å². The minimum absolute atomic E-state index is 0.0530. The minimum Gasteiger partial charge on any atom is -0.481 e. The lowest BCUT2D eigenvalue weighted by atomic mass is 10.2. The molecule has 7 nitrogen and oxygen atoms in total. The van der Waals surface area contributed by atoms with Crippen molar-refractivity contribution >= 4 is 11.9 Å². The third kappa shape index (κ3) is 6.28. The maximum Gasteiger partial charge on any atom is 0.326 e. The molecule has 1 aromatic carbocycles. The SMILES string of the molecule is O=C(O)C[C@H](NOCCO)C(=O)OCc1ccccc1. The zero-order chi connectivity index (χ0) is 14.8. The van der Waals surface area contributed by atoms with Crippen LogP contribution in [0.3, 0.4) is 0 Å². The first-order valence-electron chi connectivity index (χ1n) is 6.04. The summed E-state index contributed by atoms with van der Waals surface area (Å²) in [6.07, 6.45) is -0.473. The number of aliphatic hydroxyl groups is 1. The number of hydrogen-bond acceptors (Lipinski definition) is 6. The van der Waals surface area contributed by atoms with Crippen LogP contribution in [-0.4, -0.2) is 41.4 Å². The van der Waals surface area contributed by atoms with Gasteiger partial charge in [-0.1, -0.05) is 30.3 Å². The van der Waals surface area contributed by atoms with Gasteiger partial charge in [-0.15, -0.1) is 0 Å². The van der Waals surface area contributed by atoms with Crippen LogP contribution in [-0.2, 0) is 25.8 Å². The topological polar surface area (TPSA) is 105 Å². The number of aliphatic hydroxyl groups excluding tert-OH is 1. The normalized spacial score (nSPS) is 11.8. The van der Waals surface area contributed by atoms with Crippen molar-refractivity contribution in [1.82, 2.24) is 5.48 Å².